The summed E-state index contributed by atoms with van der Waals surface area (Å²) in [7, 11) is 0. The van der Waals surface area contributed by atoms with Crippen LogP contribution < -0.4 is 10.5 Å². The van der Waals surface area contributed by atoms with Gasteiger partial charge in [-0.1, -0.05) is 34.1 Å². The van der Waals surface area contributed by atoms with E-state index >= 15 is 0 Å². The third-order valence-corrected chi connectivity index (χ3v) is 4.32. The van der Waals surface area contributed by atoms with Gasteiger partial charge < -0.3 is 10.5 Å². The van der Waals surface area contributed by atoms with Crippen molar-refractivity contribution < 1.29 is 4.74 Å². The monoisotopic (exact) mass is 431 g/mol. The Morgan fingerprint density at radius 1 is 1.21 bits per heavy atom. The van der Waals surface area contributed by atoms with Crippen molar-refractivity contribution in [3.05, 3.63) is 61.6 Å². The average Bonchev–Trinajstić information content (AvgIpc) is 2.41. The van der Waals surface area contributed by atoms with E-state index in [-0.39, 0.29) is 6.04 Å². The fraction of sp³-hybridized carbons (Fsp3) is 0.200. The predicted molar refractivity (Wildman–Crippen MR) is 90.5 cm³/mol. The standard InChI is InChI=1S/C15H15BrINO/c1-2-19-14-8-7-10(16)9-12(14)15(18)11-5-3-4-6-13(11)17/h3-9,15H,2,18H2,1H3. The van der Waals surface area contributed by atoms with E-state index in [0.29, 0.717) is 6.61 Å². The number of nitrogens with two attached hydrogens (primary N) is 1. The summed E-state index contributed by atoms with van der Waals surface area (Å²) < 4.78 is 7.84. The molecule has 0 aliphatic heterocycles. The first kappa shape index (κ1) is 14.8. The van der Waals surface area contributed by atoms with Gasteiger partial charge in [0.05, 0.1) is 12.6 Å². The van der Waals surface area contributed by atoms with Crippen molar-refractivity contribution in [1.29, 1.82) is 0 Å². The van der Waals surface area contributed by atoms with Crippen molar-refractivity contribution in [2.45, 2.75) is 13.0 Å². The minimum atomic E-state index is -0.188. The predicted octanol–water partition coefficient (Wildman–Crippen LogP) is 4.50. The normalized spacial score (nSPS) is 12.2. The van der Waals surface area contributed by atoms with Crippen LogP contribution in [0.15, 0.2) is 46.9 Å². The fourth-order valence-corrected chi connectivity index (χ4v) is 3.05. The molecule has 0 amide bonds. The van der Waals surface area contributed by atoms with Gasteiger partial charge in [-0.05, 0) is 59.3 Å². The fourth-order valence-electron chi connectivity index (χ4n) is 1.94. The second-order valence-corrected chi connectivity index (χ2v) is 6.19. The summed E-state index contributed by atoms with van der Waals surface area (Å²) >= 11 is 5.81. The quantitative estimate of drug-likeness (QED) is 0.723. The molecule has 0 saturated carbocycles. The lowest BCUT2D eigenvalue weighted by Gasteiger charge is -2.18. The van der Waals surface area contributed by atoms with E-state index in [1.165, 1.54) is 0 Å². The lowest BCUT2D eigenvalue weighted by atomic mass is 9.99. The van der Waals surface area contributed by atoms with Crippen LogP contribution in [0.4, 0.5) is 0 Å². The lowest BCUT2D eigenvalue weighted by molar-refractivity contribution is 0.335. The highest BCUT2D eigenvalue weighted by molar-refractivity contribution is 14.1. The summed E-state index contributed by atoms with van der Waals surface area (Å²) in [6.07, 6.45) is 0. The molecule has 0 fully saturated rings. The summed E-state index contributed by atoms with van der Waals surface area (Å²) in [6.45, 7) is 2.61. The van der Waals surface area contributed by atoms with Crippen LogP contribution >= 0.6 is 38.5 Å². The highest BCUT2D eigenvalue weighted by atomic mass is 127. The van der Waals surface area contributed by atoms with E-state index in [1.54, 1.807) is 0 Å². The summed E-state index contributed by atoms with van der Waals surface area (Å²) in [6, 6.07) is 13.9. The van der Waals surface area contributed by atoms with Crippen LogP contribution in [-0.2, 0) is 0 Å². The molecule has 4 heteroatoms. The zero-order valence-electron chi connectivity index (χ0n) is 10.6. The summed E-state index contributed by atoms with van der Waals surface area (Å²) in [4.78, 5) is 0. The number of hydrogen-bond donors (Lipinski definition) is 1. The molecule has 2 aromatic rings. The van der Waals surface area contributed by atoms with Gasteiger partial charge in [-0.25, -0.2) is 0 Å². The molecular formula is C15H15BrINO. The third kappa shape index (κ3) is 3.49. The van der Waals surface area contributed by atoms with Crippen molar-refractivity contribution in [2.75, 3.05) is 6.61 Å². The molecule has 0 aliphatic rings. The van der Waals surface area contributed by atoms with E-state index in [0.717, 1.165) is 24.9 Å². The van der Waals surface area contributed by atoms with E-state index in [1.807, 2.05) is 37.3 Å². The van der Waals surface area contributed by atoms with Crippen molar-refractivity contribution in [2.24, 2.45) is 5.73 Å². The van der Waals surface area contributed by atoms with Crippen molar-refractivity contribution >= 4 is 38.5 Å². The second-order valence-electron chi connectivity index (χ2n) is 4.11. The lowest BCUT2D eigenvalue weighted by Crippen LogP contribution is -2.15. The Kier molecular flexibility index (Phi) is 5.24. The van der Waals surface area contributed by atoms with Gasteiger partial charge >= 0.3 is 0 Å². The van der Waals surface area contributed by atoms with E-state index < -0.39 is 0 Å². The molecular weight excluding hydrogens is 417 g/mol. The molecule has 0 radical (unpaired) electrons. The van der Waals surface area contributed by atoms with Gasteiger partial charge in [-0.15, -0.1) is 0 Å². The first-order valence-corrected chi connectivity index (χ1v) is 7.93. The molecule has 2 aromatic carbocycles. The Labute approximate surface area is 135 Å². The first-order valence-electron chi connectivity index (χ1n) is 6.05. The van der Waals surface area contributed by atoms with Crippen LogP contribution in [-0.4, -0.2) is 6.61 Å². The molecule has 0 spiro atoms. The molecule has 1 atom stereocenters. The average molecular weight is 432 g/mol. The highest BCUT2D eigenvalue weighted by Gasteiger charge is 2.16. The minimum Gasteiger partial charge on any atom is -0.494 e. The van der Waals surface area contributed by atoms with E-state index in [4.69, 9.17) is 10.5 Å². The molecule has 100 valence electrons. The zero-order chi connectivity index (χ0) is 13.8. The molecule has 2 nitrogen and oxygen atoms in total. The third-order valence-electron chi connectivity index (χ3n) is 2.85. The van der Waals surface area contributed by atoms with Gasteiger partial charge in [0.1, 0.15) is 5.75 Å². The maximum atomic E-state index is 6.41. The molecule has 19 heavy (non-hydrogen) atoms. The van der Waals surface area contributed by atoms with Crippen LogP contribution in [0.25, 0.3) is 0 Å². The van der Waals surface area contributed by atoms with Gasteiger partial charge in [0, 0.05) is 13.6 Å². The van der Waals surface area contributed by atoms with E-state index in [9.17, 15) is 0 Å². The molecule has 0 bridgehead atoms. The Morgan fingerprint density at radius 3 is 2.63 bits per heavy atom. The van der Waals surface area contributed by atoms with Crippen molar-refractivity contribution in [3.63, 3.8) is 0 Å². The van der Waals surface area contributed by atoms with Gasteiger partial charge in [0.2, 0.25) is 0 Å². The number of ether oxygens (including phenoxy) is 1. The summed E-state index contributed by atoms with van der Waals surface area (Å²) in [5.74, 6) is 0.845. The molecule has 1 unspecified atom stereocenters. The molecule has 0 aliphatic carbocycles. The van der Waals surface area contributed by atoms with Gasteiger partial charge in [0.15, 0.2) is 0 Å². The number of rotatable bonds is 4. The van der Waals surface area contributed by atoms with Crippen molar-refractivity contribution in [3.8, 4) is 5.75 Å². The Hall–Kier alpha value is -0.590. The molecule has 2 rings (SSSR count). The van der Waals surface area contributed by atoms with Crippen LogP contribution in [0, 0.1) is 3.57 Å². The van der Waals surface area contributed by atoms with Crippen LogP contribution in [0.1, 0.15) is 24.1 Å². The molecule has 0 heterocycles. The molecule has 0 aromatic heterocycles. The maximum Gasteiger partial charge on any atom is 0.124 e. The van der Waals surface area contributed by atoms with Crippen molar-refractivity contribution in [1.82, 2.24) is 0 Å². The number of hydrogen-bond acceptors (Lipinski definition) is 2. The smallest absolute Gasteiger partial charge is 0.124 e. The second kappa shape index (κ2) is 6.72. The van der Waals surface area contributed by atoms with Gasteiger partial charge in [-0.2, -0.15) is 0 Å². The molecule has 0 saturated heterocycles. The highest BCUT2D eigenvalue weighted by Crippen LogP contribution is 2.32. The number of benzene rings is 2. The SMILES string of the molecule is CCOc1ccc(Br)cc1C(N)c1ccccc1I. The van der Waals surface area contributed by atoms with Crippen LogP contribution in [0.2, 0.25) is 0 Å². The first-order chi connectivity index (χ1) is 9.13. The van der Waals surface area contributed by atoms with E-state index in [2.05, 4.69) is 50.7 Å². The maximum absolute atomic E-state index is 6.41. The Balaban J connectivity index is 2.45. The van der Waals surface area contributed by atoms with Gasteiger partial charge in [0.25, 0.3) is 0 Å². The van der Waals surface area contributed by atoms with Crippen LogP contribution in [0.5, 0.6) is 5.75 Å². The summed E-state index contributed by atoms with van der Waals surface area (Å²) in [5.41, 5.74) is 8.52. The topological polar surface area (TPSA) is 35.2 Å². The Bertz CT molecular complexity index is 574. The van der Waals surface area contributed by atoms with Crippen LogP contribution in [0.3, 0.4) is 0 Å². The molecule has 2 N–H and O–H groups in total. The number of halogens is 2. The largest absolute Gasteiger partial charge is 0.494 e. The zero-order valence-corrected chi connectivity index (χ0v) is 14.3. The summed E-state index contributed by atoms with van der Waals surface area (Å²) in [5, 5.41) is 0. The van der Waals surface area contributed by atoms with Gasteiger partial charge in [-0.3, -0.25) is 0 Å². The Morgan fingerprint density at radius 2 is 1.95 bits per heavy atom. The minimum absolute atomic E-state index is 0.188.